The summed E-state index contributed by atoms with van der Waals surface area (Å²) < 4.78 is 4.60. The van der Waals surface area contributed by atoms with Crippen molar-refractivity contribution in [2.45, 2.75) is 6.42 Å². The van der Waals surface area contributed by atoms with Gasteiger partial charge in [0.2, 0.25) is 5.91 Å². The summed E-state index contributed by atoms with van der Waals surface area (Å²) in [5.41, 5.74) is 0.860. The predicted octanol–water partition coefficient (Wildman–Crippen LogP) is 1.67. The molecule has 2 rings (SSSR count). The fourth-order valence-corrected chi connectivity index (χ4v) is 2.25. The normalized spacial score (nSPS) is 18.1. The minimum atomic E-state index is -0.497. The summed E-state index contributed by atoms with van der Waals surface area (Å²) in [6, 6.07) is 4.73. The first-order valence-corrected chi connectivity index (χ1v) is 6.39. The Kier molecular flexibility index (Phi) is 4.39. The highest BCUT2D eigenvalue weighted by Crippen LogP contribution is 2.22. The van der Waals surface area contributed by atoms with Crippen molar-refractivity contribution in [2.75, 3.05) is 25.5 Å². The molecule has 1 atom stereocenters. The summed E-state index contributed by atoms with van der Waals surface area (Å²) in [7, 11) is 1.29. The number of esters is 1. The monoisotopic (exact) mass is 282 g/mol. The Labute approximate surface area is 116 Å². The molecule has 1 aromatic carbocycles. The highest BCUT2D eigenvalue weighted by atomic mass is 35.5. The maximum Gasteiger partial charge on any atom is 0.339 e. The fraction of sp³-hybridized carbons (Fsp3) is 0.385. The highest BCUT2D eigenvalue weighted by molar-refractivity contribution is 6.34. The predicted molar refractivity (Wildman–Crippen MR) is 72.4 cm³/mol. The molecule has 102 valence electrons. The van der Waals surface area contributed by atoms with Gasteiger partial charge in [-0.1, -0.05) is 11.6 Å². The molecule has 0 aromatic heterocycles. The van der Waals surface area contributed by atoms with Gasteiger partial charge in [0.15, 0.2) is 0 Å². The van der Waals surface area contributed by atoms with Crippen LogP contribution in [-0.2, 0) is 9.53 Å². The Morgan fingerprint density at radius 3 is 2.84 bits per heavy atom. The standard InChI is InChI=1S/C13H15ClN2O3/c1-19-13(18)10-3-2-9(6-11(10)14)16-12(17)8-4-5-15-7-8/h2-3,6,8,15H,4-5,7H2,1H3,(H,16,17). The van der Waals surface area contributed by atoms with Crippen LogP contribution in [0.3, 0.4) is 0 Å². The first-order chi connectivity index (χ1) is 9.11. The van der Waals surface area contributed by atoms with Crippen LogP contribution < -0.4 is 10.6 Å². The van der Waals surface area contributed by atoms with E-state index in [2.05, 4.69) is 15.4 Å². The molecule has 0 aliphatic carbocycles. The van der Waals surface area contributed by atoms with Gasteiger partial charge in [-0.25, -0.2) is 4.79 Å². The van der Waals surface area contributed by atoms with Crippen molar-refractivity contribution in [1.82, 2.24) is 5.32 Å². The van der Waals surface area contributed by atoms with Crippen LogP contribution in [0.15, 0.2) is 18.2 Å². The van der Waals surface area contributed by atoms with Gasteiger partial charge >= 0.3 is 5.97 Å². The van der Waals surface area contributed by atoms with Crippen molar-refractivity contribution >= 4 is 29.2 Å². The molecular formula is C13H15ClN2O3. The van der Waals surface area contributed by atoms with E-state index in [0.717, 1.165) is 13.0 Å². The molecule has 0 saturated carbocycles. The maximum absolute atomic E-state index is 11.9. The lowest BCUT2D eigenvalue weighted by molar-refractivity contribution is -0.119. The van der Waals surface area contributed by atoms with Crippen LogP contribution >= 0.6 is 11.6 Å². The highest BCUT2D eigenvalue weighted by Gasteiger charge is 2.22. The second kappa shape index (κ2) is 6.04. The zero-order valence-corrected chi connectivity index (χ0v) is 11.3. The van der Waals surface area contributed by atoms with Gasteiger partial charge in [0.1, 0.15) is 0 Å². The van der Waals surface area contributed by atoms with Gasteiger partial charge < -0.3 is 15.4 Å². The summed E-state index contributed by atoms with van der Waals surface area (Å²) in [5, 5.41) is 6.19. The number of carbonyl (C=O) groups excluding carboxylic acids is 2. The number of benzene rings is 1. The molecule has 1 saturated heterocycles. The van der Waals surface area contributed by atoms with E-state index >= 15 is 0 Å². The average Bonchev–Trinajstić information content (AvgIpc) is 2.92. The lowest BCUT2D eigenvalue weighted by Crippen LogP contribution is -2.24. The van der Waals surface area contributed by atoms with Crippen molar-refractivity contribution in [1.29, 1.82) is 0 Å². The molecule has 1 aliphatic heterocycles. The van der Waals surface area contributed by atoms with Crippen LogP contribution in [0.5, 0.6) is 0 Å². The number of carbonyl (C=O) groups is 2. The van der Waals surface area contributed by atoms with Gasteiger partial charge in [0, 0.05) is 12.2 Å². The smallest absolute Gasteiger partial charge is 0.339 e. The molecule has 19 heavy (non-hydrogen) atoms. The van der Waals surface area contributed by atoms with Crippen LogP contribution in [0.1, 0.15) is 16.8 Å². The first kappa shape index (κ1) is 13.8. The number of methoxy groups -OCH3 is 1. The fourth-order valence-electron chi connectivity index (χ4n) is 1.99. The average molecular weight is 283 g/mol. The van der Waals surface area contributed by atoms with Crippen molar-refractivity contribution in [3.8, 4) is 0 Å². The number of amides is 1. The Balaban J connectivity index is 2.07. The third-order valence-corrected chi connectivity index (χ3v) is 3.39. The molecule has 1 aliphatic rings. The number of nitrogens with one attached hydrogen (secondary N) is 2. The van der Waals surface area contributed by atoms with E-state index in [1.165, 1.54) is 13.2 Å². The third-order valence-electron chi connectivity index (χ3n) is 3.07. The Hall–Kier alpha value is -1.59. The molecule has 0 spiro atoms. The minimum absolute atomic E-state index is 0.0148. The lowest BCUT2D eigenvalue weighted by atomic mass is 10.1. The Morgan fingerprint density at radius 1 is 1.47 bits per heavy atom. The Morgan fingerprint density at radius 2 is 2.26 bits per heavy atom. The lowest BCUT2D eigenvalue weighted by Gasteiger charge is -2.11. The van der Waals surface area contributed by atoms with Crippen LogP contribution in [0.2, 0.25) is 5.02 Å². The second-order valence-corrected chi connectivity index (χ2v) is 4.77. The summed E-state index contributed by atoms with van der Waals surface area (Å²) >= 11 is 5.98. The maximum atomic E-state index is 11.9. The molecule has 1 aromatic rings. The van der Waals surface area contributed by atoms with Crippen molar-refractivity contribution in [3.63, 3.8) is 0 Å². The van der Waals surface area contributed by atoms with E-state index in [0.29, 0.717) is 12.2 Å². The number of ether oxygens (including phenoxy) is 1. The van der Waals surface area contributed by atoms with Gasteiger partial charge in [0.25, 0.3) is 0 Å². The number of halogens is 1. The summed E-state index contributed by atoms with van der Waals surface area (Å²) in [4.78, 5) is 23.3. The largest absolute Gasteiger partial charge is 0.465 e. The number of hydrogen-bond acceptors (Lipinski definition) is 4. The minimum Gasteiger partial charge on any atom is -0.465 e. The number of rotatable bonds is 3. The van der Waals surface area contributed by atoms with E-state index in [9.17, 15) is 9.59 Å². The quantitative estimate of drug-likeness (QED) is 0.828. The number of hydrogen-bond donors (Lipinski definition) is 2. The van der Waals surface area contributed by atoms with Crippen LogP contribution in [0.25, 0.3) is 0 Å². The van der Waals surface area contributed by atoms with E-state index in [1.54, 1.807) is 12.1 Å². The zero-order valence-electron chi connectivity index (χ0n) is 10.5. The van der Waals surface area contributed by atoms with Gasteiger partial charge in [-0.05, 0) is 31.2 Å². The number of anilines is 1. The van der Waals surface area contributed by atoms with Gasteiger partial charge in [-0.2, -0.15) is 0 Å². The van der Waals surface area contributed by atoms with E-state index in [4.69, 9.17) is 11.6 Å². The van der Waals surface area contributed by atoms with Gasteiger partial charge in [-0.3, -0.25) is 4.79 Å². The topological polar surface area (TPSA) is 67.4 Å². The van der Waals surface area contributed by atoms with E-state index in [1.807, 2.05) is 0 Å². The van der Waals surface area contributed by atoms with E-state index < -0.39 is 5.97 Å². The van der Waals surface area contributed by atoms with E-state index in [-0.39, 0.29) is 22.4 Å². The molecule has 0 radical (unpaired) electrons. The van der Waals surface area contributed by atoms with Gasteiger partial charge in [-0.15, -0.1) is 0 Å². The second-order valence-electron chi connectivity index (χ2n) is 4.37. The molecule has 6 heteroatoms. The van der Waals surface area contributed by atoms with Crippen LogP contribution in [0, 0.1) is 5.92 Å². The van der Waals surface area contributed by atoms with Crippen molar-refractivity contribution in [2.24, 2.45) is 5.92 Å². The van der Waals surface area contributed by atoms with Crippen LogP contribution in [0.4, 0.5) is 5.69 Å². The summed E-state index contributed by atoms with van der Waals surface area (Å²) in [6.45, 7) is 1.56. The van der Waals surface area contributed by atoms with Crippen molar-refractivity contribution < 1.29 is 14.3 Å². The Bertz CT molecular complexity index is 499. The summed E-state index contributed by atoms with van der Waals surface area (Å²) in [6.07, 6.45) is 0.833. The third kappa shape index (κ3) is 3.24. The molecule has 2 N–H and O–H groups in total. The molecule has 0 bridgehead atoms. The first-order valence-electron chi connectivity index (χ1n) is 6.01. The zero-order chi connectivity index (χ0) is 13.8. The molecule has 1 fully saturated rings. The molecule has 1 amide bonds. The molecule has 5 nitrogen and oxygen atoms in total. The van der Waals surface area contributed by atoms with Crippen molar-refractivity contribution in [3.05, 3.63) is 28.8 Å². The molecule has 1 heterocycles. The van der Waals surface area contributed by atoms with Gasteiger partial charge in [0.05, 0.1) is 23.6 Å². The van der Waals surface area contributed by atoms with Crippen LogP contribution in [-0.4, -0.2) is 32.1 Å². The molecule has 1 unspecified atom stereocenters. The summed E-state index contributed by atoms with van der Waals surface area (Å²) in [5.74, 6) is -0.547. The molecular weight excluding hydrogens is 268 g/mol. The SMILES string of the molecule is COC(=O)c1ccc(NC(=O)C2CCNC2)cc1Cl.